The molecular formula is C15H19BrF3N. The molecule has 0 aliphatic heterocycles. The Morgan fingerprint density at radius 1 is 1.30 bits per heavy atom. The minimum absolute atomic E-state index is 0.0326. The number of hydrogen-bond acceptors (Lipinski definition) is 1. The molecule has 0 bridgehead atoms. The predicted octanol–water partition coefficient (Wildman–Crippen LogP) is 5.31. The summed E-state index contributed by atoms with van der Waals surface area (Å²) in [4.78, 5) is 0. The van der Waals surface area contributed by atoms with Crippen molar-refractivity contribution in [3.05, 3.63) is 33.8 Å². The highest BCUT2D eigenvalue weighted by atomic mass is 79.9. The maximum atomic E-state index is 12.8. The molecule has 1 fully saturated rings. The van der Waals surface area contributed by atoms with E-state index in [-0.39, 0.29) is 6.04 Å². The Morgan fingerprint density at radius 3 is 2.50 bits per heavy atom. The fraction of sp³-hybridized carbons (Fsp3) is 0.600. The molecule has 1 aliphatic carbocycles. The third-order valence-corrected chi connectivity index (χ3v) is 4.81. The Labute approximate surface area is 126 Å². The SMILES string of the molecule is CNC(CC1CCCC1)c1cc(C(F)(F)F)ccc1Br. The average Bonchev–Trinajstić information content (AvgIpc) is 2.88. The first-order valence-electron chi connectivity index (χ1n) is 6.95. The van der Waals surface area contributed by atoms with E-state index in [2.05, 4.69) is 21.2 Å². The molecule has 1 N–H and O–H groups in total. The fourth-order valence-corrected chi connectivity index (χ4v) is 3.49. The van der Waals surface area contributed by atoms with Crippen LogP contribution in [0.2, 0.25) is 0 Å². The second-order valence-corrected chi connectivity index (χ2v) is 6.32. The summed E-state index contributed by atoms with van der Waals surface area (Å²) in [5.41, 5.74) is 0.122. The van der Waals surface area contributed by atoms with E-state index in [0.717, 1.165) is 17.0 Å². The summed E-state index contributed by atoms with van der Waals surface area (Å²) in [5.74, 6) is 0.619. The molecule has 0 saturated heterocycles. The second kappa shape index (κ2) is 6.48. The molecule has 5 heteroatoms. The zero-order valence-electron chi connectivity index (χ0n) is 11.4. The Hall–Kier alpha value is -0.550. The quantitative estimate of drug-likeness (QED) is 0.776. The maximum absolute atomic E-state index is 12.8. The zero-order chi connectivity index (χ0) is 14.8. The van der Waals surface area contributed by atoms with Crippen molar-refractivity contribution >= 4 is 15.9 Å². The van der Waals surface area contributed by atoms with E-state index >= 15 is 0 Å². The molecule has 1 saturated carbocycles. The van der Waals surface area contributed by atoms with E-state index in [9.17, 15) is 13.2 Å². The minimum atomic E-state index is -4.29. The van der Waals surface area contributed by atoms with Crippen LogP contribution in [0.5, 0.6) is 0 Å². The van der Waals surface area contributed by atoms with Crippen molar-refractivity contribution in [1.29, 1.82) is 0 Å². The van der Waals surface area contributed by atoms with Crippen molar-refractivity contribution < 1.29 is 13.2 Å². The molecule has 20 heavy (non-hydrogen) atoms. The molecule has 112 valence electrons. The number of hydrogen-bond donors (Lipinski definition) is 1. The van der Waals surface area contributed by atoms with Crippen LogP contribution in [0.1, 0.15) is 49.3 Å². The highest BCUT2D eigenvalue weighted by molar-refractivity contribution is 9.10. The third kappa shape index (κ3) is 3.76. The van der Waals surface area contributed by atoms with E-state index in [1.165, 1.54) is 37.8 Å². The van der Waals surface area contributed by atoms with E-state index in [0.29, 0.717) is 11.5 Å². The van der Waals surface area contributed by atoms with Gasteiger partial charge in [-0.2, -0.15) is 13.2 Å². The van der Waals surface area contributed by atoms with Crippen molar-refractivity contribution in [3.8, 4) is 0 Å². The maximum Gasteiger partial charge on any atom is 0.416 e. The summed E-state index contributed by atoms with van der Waals surface area (Å²) in [6.45, 7) is 0. The molecule has 1 atom stereocenters. The van der Waals surface area contributed by atoms with Gasteiger partial charge in [-0.1, -0.05) is 41.6 Å². The smallest absolute Gasteiger partial charge is 0.313 e. The Balaban J connectivity index is 2.23. The van der Waals surface area contributed by atoms with Crippen LogP contribution < -0.4 is 5.32 Å². The van der Waals surface area contributed by atoms with Gasteiger partial charge >= 0.3 is 6.18 Å². The van der Waals surface area contributed by atoms with Crippen molar-refractivity contribution in [2.75, 3.05) is 7.05 Å². The van der Waals surface area contributed by atoms with Crippen molar-refractivity contribution in [3.63, 3.8) is 0 Å². The number of rotatable bonds is 4. The fourth-order valence-electron chi connectivity index (χ4n) is 2.97. The van der Waals surface area contributed by atoms with Crippen LogP contribution in [0.15, 0.2) is 22.7 Å². The Bertz CT molecular complexity index is 453. The van der Waals surface area contributed by atoms with Gasteiger partial charge in [-0.05, 0) is 43.1 Å². The molecule has 0 radical (unpaired) electrons. The minimum Gasteiger partial charge on any atom is -0.313 e. The molecule has 0 spiro atoms. The van der Waals surface area contributed by atoms with Gasteiger partial charge in [-0.3, -0.25) is 0 Å². The zero-order valence-corrected chi connectivity index (χ0v) is 13.0. The van der Waals surface area contributed by atoms with Gasteiger partial charge in [0.1, 0.15) is 0 Å². The number of nitrogens with one attached hydrogen (secondary N) is 1. The Morgan fingerprint density at radius 2 is 1.95 bits per heavy atom. The third-order valence-electron chi connectivity index (χ3n) is 4.09. The number of halogens is 4. The highest BCUT2D eigenvalue weighted by Crippen LogP contribution is 2.38. The van der Waals surface area contributed by atoms with Gasteiger partial charge in [0.25, 0.3) is 0 Å². The molecule has 1 aromatic carbocycles. The number of alkyl halides is 3. The molecular weight excluding hydrogens is 331 g/mol. The van der Waals surface area contributed by atoms with Gasteiger partial charge in [0.15, 0.2) is 0 Å². The van der Waals surface area contributed by atoms with Gasteiger partial charge in [0, 0.05) is 10.5 Å². The van der Waals surface area contributed by atoms with Crippen LogP contribution in [0, 0.1) is 5.92 Å². The monoisotopic (exact) mass is 349 g/mol. The van der Waals surface area contributed by atoms with Gasteiger partial charge in [0.2, 0.25) is 0 Å². The van der Waals surface area contributed by atoms with E-state index in [4.69, 9.17) is 0 Å². The lowest BCUT2D eigenvalue weighted by Crippen LogP contribution is -2.20. The second-order valence-electron chi connectivity index (χ2n) is 5.46. The van der Waals surface area contributed by atoms with Crippen LogP contribution >= 0.6 is 15.9 Å². The predicted molar refractivity (Wildman–Crippen MR) is 77.5 cm³/mol. The lowest BCUT2D eigenvalue weighted by Gasteiger charge is -2.22. The van der Waals surface area contributed by atoms with E-state index in [1.807, 2.05) is 7.05 Å². The molecule has 1 aliphatic rings. The first kappa shape index (κ1) is 15.8. The lowest BCUT2D eigenvalue weighted by molar-refractivity contribution is -0.137. The van der Waals surface area contributed by atoms with Gasteiger partial charge < -0.3 is 5.32 Å². The first-order chi connectivity index (χ1) is 9.41. The normalized spacial score (nSPS) is 18.4. The average molecular weight is 350 g/mol. The molecule has 1 unspecified atom stereocenters. The van der Waals surface area contributed by atoms with Crippen LogP contribution in [0.4, 0.5) is 13.2 Å². The van der Waals surface area contributed by atoms with Crippen molar-refractivity contribution in [2.45, 2.75) is 44.3 Å². The standard InChI is InChI=1S/C15H19BrF3N/c1-20-14(8-10-4-2-3-5-10)12-9-11(15(17,18)19)6-7-13(12)16/h6-7,9-10,14,20H,2-5,8H2,1H3. The van der Waals surface area contributed by atoms with Crippen LogP contribution in [-0.2, 0) is 6.18 Å². The van der Waals surface area contributed by atoms with Gasteiger partial charge in [-0.15, -0.1) is 0 Å². The lowest BCUT2D eigenvalue weighted by atomic mass is 9.93. The van der Waals surface area contributed by atoms with Crippen molar-refractivity contribution in [1.82, 2.24) is 5.32 Å². The highest BCUT2D eigenvalue weighted by Gasteiger charge is 2.32. The van der Waals surface area contributed by atoms with Crippen LogP contribution in [0.3, 0.4) is 0 Å². The summed E-state index contributed by atoms with van der Waals surface area (Å²) < 4.78 is 39.2. The molecule has 1 nitrogen and oxygen atoms in total. The van der Waals surface area contributed by atoms with Crippen LogP contribution in [0.25, 0.3) is 0 Å². The Kier molecular flexibility index (Phi) is 5.13. The molecule has 0 amide bonds. The molecule has 0 heterocycles. The summed E-state index contributed by atoms with van der Waals surface area (Å²) >= 11 is 3.38. The first-order valence-corrected chi connectivity index (χ1v) is 7.75. The summed E-state index contributed by atoms with van der Waals surface area (Å²) in [6, 6.07) is 3.85. The van der Waals surface area contributed by atoms with Gasteiger partial charge in [0.05, 0.1) is 5.56 Å². The molecule has 2 rings (SSSR count). The number of benzene rings is 1. The van der Waals surface area contributed by atoms with E-state index in [1.54, 1.807) is 0 Å². The largest absolute Gasteiger partial charge is 0.416 e. The summed E-state index contributed by atoms with van der Waals surface area (Å²) in [7, 11) is 1.81. The van der Waals surface area contributed by atoms with E-state index < -0.39 is 11.7 Å². The molecule has 1 aromatic rings. The van der Waals surface area contributed by atoms with Crippen molar-refractivity contribution in [2.24, 2.45) is 5.92 Å². The van der Waals surface area contributed by atoms with Gasteiger partial charge in [-0.25, -0.2) is 0 Å². The summed E-state index contributed by atoms with van der Waals surface area (Å²) in [6.07, 6.45) is 1.47. The summed E-state index contributed by atoms with van der Waals surface area (Å²) in [5, 5.41) is 3.17. The van der Waals surface area contributed by atoms with Crippen LogP contribution in [-0.4, -0.2) is 7.05 Å². The molecule has 0 aromatic heterocycles. The topological polar surface area (TPSA) is 12.0 Å².